The van der Waals surface area contributed by atoms with Crippen LogP contribution in [0.2, 0.25) is 0 Å². The first-order valence-corrected chi connectivity index (χ1v) is 6.75. The van der Waals surface area contributed by atoms with Gasteiger partial charge in [0.15, 0.2) is 0 Å². The fourth-order valence-corrected chi connectivity index (χ4v) is 2.00. The molecule has 6 nitrogen and oxygen atoms in total. The molecule has 0 radical (unpaired) electrons. The lowest BCUT2D eigenvalue weighted by atomic mass is 10.1. The zero-order valence-corrected chi connectivity index (χ0v) is 11.5. The van der Waals surface area contributed by atoms with Crippen molar-refractivity contribution in [1.82, 2.24) is 5.43 Å². The van der Waals surface area contributed by atoms with E-state index in [1.165, 1.54) is 18.6 Å². The number of nitrogens with one attached hydrogen (secondary N) is 1. The molecule has 0 saturated carbocycles. The third kappa shape index (κ3) is 3.88. The van der Waals surface area contributed by atoms with Gasteiger partial charge in [0.05, 0.1) is 10.6 Å². The second kappa shape index (κ2) is 6.79. The van der Waals surface area contributed by atoms with Gasteiger partial charge in [-0.1, -0.05) is 6.42 Å². The molecular formula is C14H18N4O2. The Morgan fingerprint density at radius 1 is 1.30 bits per heavy atom. The standard InChI is InChI=1S/C14H18N4O2/c1-11(12-6-8-13(9-7-12)18(19)20)16-17-14-5-3-2-4-10-15-14/h6-9H,2-5,10H2,1H3,(H,15,17). The van der Waals surface area contributed by atoms with Crippen LogP contribution in [-0.4, -0.2) is 23.0 Å². The number of nitro benzene ring substituents is 1. The summed E-state index contributed by atoms with van der Waals surface area (Å²) in [6.45, 7) is 2.72. The highest BCUT2D eigenvalue weighted by atomic mass is 16.6. The summed E-state index contributed by atoms with van der Waals surface area (Å²) >= 11 is 0. The fraction of sp³-hybridized carbons (Fsp3) is 0.429. The Balaban J connectivity index is 2.02. The lowest BCUT2D eigenvalue weighted by Crippen LogP contribution is -2.19. The minimum atomic E-state index is -0.408. The maximum atomic E-state index is 10.6. The number of hydrogen-bond acceptors (Lipinski definition) is 5. The van der Waals surface area contributed by atoms with Gasteiger partial charge in [-0.15, -0.1) is 0 Å². The predicted molar refractivity (Wildman–Crippen MR) is 79.2 cm³/mol. The van der Waals surface area contributed by atoms with Gasteiger partial charge in [0.25, 0.3) is 5.69 Å². The van der Waals surface area contributed by atoms with Crippen molar-refractivity contribution in [3.63, 3.8) is 0 Å². The number of aliphatic imine (C=N–C) groups is 1. The molecule has 0 fully saturated rings. The largest absolute Gasteiger partial charge is 0.271 e. The van der Waals surface area contributed by atoms with Crippen molar-refractivity contribution >= 4 is 17.2 Å². The van der Waals surface area contributed by atoms with E-state index in [9.17, 15) is 10.1 Å². The summed E-state index contributed by atoms with van der Waals surface area (Å²) in [7, 11) is 0. The van der Waals surface area contributed by atoms with Crippen molar-refractivity contribution in [2.24, 2.45) is 10.1 Å². The number of nitrogens with zero attached hydrogens (tertiary/aromatic N) is 3. The molecule has 1 aromatic rings. The van der Waals surface area contributed by atoms with Crippen molar-refractivity contribution in [2.45, 2.75) is 32.6 Å². The molecule has 0 aromatic heterocycles. The van der Waals surface area contributed by atoms with E-state index < -0.39 is 4.92 Å². The van der Waals surface area contributed by atoms with Crippen LogP contribution in [0.1, 0.15) is 38.2 Å². The Hall–Kier alpha value is -2.24. The molecule has 0 aliphatic carbocycles. The first-order chi connectivity index (χ1) is 9.66. The zero-order valence-electron chi connectivity index (χ0n) is 11.5. The highest BCUT2D eigenvalue weighted by molar-refractivity contribution is 5.99. The molecule has 1 heterocycles. The second-order valence-corrected chi connectivity index (χ2v) is 4.75. The molecule has 0 saturated heterocycles. The summed E-state index contributed by atoms with van der Waals surface area (Å²) < 4.78 is 0. The van der Waals surface area contributed by atoms with Crippen LogP contribution in [0.25, 0.3) is 0 Å². The number of hydrazone groups is 1. The quantitative estimate of drug-likeness (QED) is 0.523. The minimum Gasteiger partial charge on any atom is -0.271 e. The minimum absolute atomic E-state index is 0.0858. The van der Waals surface area contributed by atoms with Gasteiger partial charge in [0.2, 0.25) is 0 Å². The number of hydrogen-bond donors (Lipinski definition) is 1. The molecule has 0 atom stereocenters. The van der Waals surface area contributed by atoms with Crippen molar-refractivity contribution < 1.29 is 4.92 Å². The van der Waals surface area contributed by atoms with Crippen molar-refractivity contribution in [2.75, 3.05) is 6.54 Å². The molecule has 1 aliphatic rings. The van der Waals surface area contributed by atoms with E-state index in [1.807, 2.05) is 6.92 Å². The Labute approximate surface area is 117 Å². The molecule has 20 heavy (non-hydrogen) atoms. The summed E-state index contributed by atoms with van der Waals surface area (Å²) in [6.07, 6.45) is 4.41. The van der Waals surface area contributed by atoms with Gasteiger partial charge in [-0.3, -0.25) is 20.5 Å². The first-order valence-electron chi connectivity index (χ1n) is 6.75. The molecule has 2 rings (SSSR count). The normalized spacial score (nSPS) is 16.2. The van der Waals surface area contributed by atoms with E-state index >= 15 is 0 Å². The zero-order chi connectivity index (χ0) is 14.4. The molecule has 0 spiro atoms. The summed E-state index contributed by atoms with van der Waals surface area (Å²) in [5, 5.41) is 14.9. The van der Waals surface area contributed by atoms with Crippen LogP contribution in [0.5, 0.6) is 0 Å². The second-order valence-electron chi connectivity index (χ2n) is 4.75. The Kier molecular flexibility index (Phi) is 4.81. The Morgan fingerprint density at radius 3 is 2.75 bits per heavy atom. The average molecular weight is 274 g/mol. The van der Waals surface area contributed by atoms with Gasteiger partial charge in [-0.2, -0.15) is 5.10 Å². The molecule has 1 aromatic carbocycles. The van der Waals surface area contributed by atoms with E-state index in [-0.39, 0.29) is 5.69 Å². The molecule has 0 amide bonds. The van der Waals surface area contributed by atoms with Crippen LogP contribution in [0, 0.1) is 10.1 Å². The van der Waals surface area contributed by atoms with Gasteiger partial charge >= 0.3 is 0 Å². The summed E-state index contributed by atoms with van der Waals surface area (Å²) in [4.78, 5) is 14.6. The Bertz CT molecular complexity index is 535. The van der Waals surface area contributed by atoms with Crippen LogP contribution in [0.3, 0.4) is 0 Å². The topological polar surface area (TPSA) is 79.9 Å². The number of amidine groups is 1. The molecule has 1 N–H and O–H groups in total. The highest BCUT2D eigenvalue weighted by Crippen LogP contribution is 2.12. The van der Waals surface area contributed by atoms with Crippen LogP contribution in [0.15, 0.2) is 34.4 Å². The van der Waals surface area contributed by atoms with Crippen molar-refractivity contribution in [1.29, 1.82) is 0 Å². The van der Waals surface area contributed by atoms with Crippen LogP contribution < -0.4 is 5.43 Å². The lowest BCUT2D eigenvalue weighted by Gasteiger charge is -2.05. The van der Waals surface area contributed by atoms with Gasteiger partial charge in [-0.05, 0) is 37.5 Å². The molecule has 106 valence electrons. The number of rotatable bonds is 3. The van der Waals surface area contributed by atoms with Crippen LogP contribution in [0.4, 0.5) is 5.69 Å². The number of nitro groups is 1. The van der Waals surface area contributed by atoms with Gasteiger partial charge in [0, 0.05) is 25.1 Å². The summed E-state index contributed by atoms with van der Waals surface area (Å²) in [5.41, 5.74) is 4.73. The van der Waals surface area contributed by atoms with Gasteiger partial charge in [-0.25, -0.2) is 0 Å². The third-order valence-electron chi connectivity index (χ3n) is 3.22. The van der Waals surface area contributed by atoms with Gasteiger partial charge < -0.3 is 0 Å². The SMILES string of the molecule is CC(=NNC1=NCCCCC1)c1ccc([N+](=O)[O-])cc1. The molecular weight excluding hydrogens is 256 g/mol. The third-order valence-corrected chi connectivity index (χ3v) is 3.22. The molecule has 0 bridgehead atoms. The fourth-order valence-electron chi connectivity index (χ4n) is 2.00. The van der Waals surface area contributed by atoms with E-state index in [4.69, 9.17) is 0 Å². The Morgan fingerprint density at radius 2 is 2.05 bits per heavy atom. The smallest absolute Gasteiger partial charge is 0.269 e. The van der Waals surface area contributed by atoms with Crippen LogP contribution in [-0.2, 0) is 0 Å². The van der Waals surface area contributed by atoms with Crippen LogP contribution >= 0.6 is 0 Å². The number of benzene rings is 1. The van der Waals surface area contributed by atoms with E-state index in [0.717, 1.165) is 42.9 Å². The monoisotopic (exact) mass is 274 g/mol. The average Bonchev–Trinajstić information content (AvgIpc) is 2.73. The first kappa shape index (κ1) is 14.2. The van der Waals surface area contributed by atoms with E-state index in [2.05, 4.69) is 15.5 Å². The maximum Gasteiger partial charge on any atom is 0.269 e. The summed E-state index contributed by atoms with van der Waals surface area (Å²) in [6, 6.07) is 6.37. The van der Waals surface area contributed by atoms with Crippen molar-refractivity contribution in [3.8, 4) is 0 Å². The van der Waals surface area contributed by atoms with Gasteiger partial charge in [0.1, 0.15) is 5.84 Å². The van der Waals surface area contributed by atoms with E-state index in [1.54, 1.807) is 12.1 Å². The van der Waals surface area contributed by atoms with Crippen molar-refractivity contribution in [3.05, 3.63) is 39.9 Å². The highest BCUT2D eigenvalue weighted by Gasteiger charge is 2.06. The summed E-state index contributed by atoms with van der Waals surface area (Å²) in [5.74, 6) is 0.920. The lowest BCUT2D eigenvalue weighted by molar-refractivity contribution is -0.384. The molecule has 1 aliphatic heterocycles. The van der Waals surface area contributed by atoms with E-state index in [0.29, 0.717) is 0 Å². The molecule has 6 heteroatoms. The number of non-ortho nitro benzene ring substituents is 1. The predicted octanol–water partition coefficient (Wildman–Crippen LogP) is 2.88. The maximum absolute atomic E-state index is 10.6. The molecule has 0 unspecified atom stereocenters.